The summed E-state index contributed by atoms with van der Waals surface area (Å²) >= 11 is 0. The number of amides is 2. The van der Waals surface area contributed by atoms with Gasteiger partial charge in [-0.05, 0) is 49.7 Å². The van der Waals surface area contributed by atoms with Gasteiger partial charge < -0.3 is 15.4 Å². The first-order valence-corrected chi connectivity index (χ1v) is 8.09. The minimum absolute atomic E-state index is 0.0168. The number of alkyl halides is 3. The molecule has 2 rings (SSSR count). The Kier molecular flexibility index (Phi) is 6.09. The van der Waals surface area contributed by atoms with E-state index in [0.29, 0.717) is 5.75 Å². The molecule has 2 aromatic rings. The Morgan fingerprint density at radius 1 is 1.07 bits per heavy atom. The normalized spacial score (nSPS) is 12.2. The fourth-order valence-corrected chi connectivity index (χ4v) is 2.35. The van der Waals surface area contributed by atoms with Crippen LogP contribution in [0, 0.1) is 6.92 Å². The second-order valence-corrected chi connectivity index (χ2v) is 6.01. The van der Waals surface area contributed by atoms with E-state index in [0.717, 1.165) is 17.7 Å². The van der Waals surface area contributed by atoms with Crippen LogP contribution in [-0.4, -0.2) is 17.9 Å². The third-order valence-electron chi connectivity index (χ3n) is 3.57. The van der Waals surface area contributed by atoms with Gasteiger partial charge in [-0.1, -0.05) is 12.1 Å². The summed E-state index contributed by atoms with van der Waals surface area (Å²) in [4.78, 5) is 23.3. The lowest BCUT2D eigenvalue weighted by molar-refractivity contribution is -0.137. The van der Waals surface area contributed by atoms with Crippen LogP contribution in [0.25, 0.3) is 0 Å². The molecule has 1 unspecified atom stereocenters. The molecule has 8 heteroatoms. The lowest BCUT2D eigenvalue weighted by Crippen LogP contribution is -2.31. The van der Waals surface area contributed by atoms with E-state index in [1.54, 1.807) is 18.2 Å². The lowest BCUT2D eigenvalue weighted by Gasteiger charge is -2.18. The Hall–Kier alpha value is -3.03. The smallest absolute Gasteiger partial charge is 0.418 e. The molecule has 2 N–H and O–H groups in total. The zero-order valence-electron chi connectivity index (χ0n) is 15.0. The van der Waals surface area contributed by atoms with Crippen LogP contribution >= 0.6 is 0 Å². The van der Waals surface area contributed by atoms with Crippen LogP contribution in [0.2, 0.25) is 0 Å². The number of nitrogens with one attached hydrogen (secondary N) is 2. The van der Waals surface area contributed by atoms with Crippen molar-refractivity contribution in [2.45, 2.75) is 33.1 Å². The van der Waals surface area contributed by atoms with Gasteiger partial charge in [0, 0.05) is 12.6 Å². The minimum atomic E-state index is -4.71. The number of rotatable bonds is 5. The average molecular weight is 380 g/mol. The van der Waals surface area contributed by atoms with E-state index >= 15 is 0 Å². The van der Waals surface area contributed by atoms with E-state index in [9.17, 15) is 22.8 Å². The van der Waals surface area contributed by atoms with Crippen molar-refractivity contribution in [3.8, 4) is 5.75 Å². The van der Waals surface area contributed by atoms with Gasteiger partial charge in [-0.3, -0.25) is 9.59 Å². The molecule has 0 saturated carbocycles. The second kappa shape index (κ2) is 8.11. The summed E-state index contributed by atoms with van der Waals surface area (Å²) in [5, 5.41) is 4.52. The first-order valence-electron chi connectivity index (χ1n) is 8.09. The summed E-state index contributed by atoms with van der Waals surface area (Å²) in [6.07, 6.45) is -5.72. The molecule has 27 heavy (non-hydrogen) atoms. The van der Waals surface area contributed by atoms with Crippen molar-refractivity contribution in [2.24, 2.45) is 0 Å². The van der Waals surface area contributed by atoms with Crippen LogP contribution in [0.4, 0.5) is 24.5 Å². The van der Waals surface area contributed by atoms with Crippen molar-refractivity contribution in [1.29, 1.82) is 0 Å². The fourth-order valence-electron chi connectivity index (χ4n) is 2.35. The van der Waals surface area contributed by atoms with Crippen molar-refractivity contribution in [2.75, 3.05) is 10.6 Å². The van der Waals surface area contributed by atoms with E-state index in [1.165, 1.54) is 19.9 Å². The summed E-state index contributed by atoms with van der Waals surface area (Å²) < 4.78 is 45.4. The van der Waals surface area contributed by atoms with Crippen molar-refractivity contribution in [3.05, 3.63) is 53.6 Å². The third-order valence-corrected chi connectivity index (χ3v) is 3.57. The highest BCUT2D eigenvalue weighted by Gasteiger charge is 2.34. The number of hydrogen-bond donors (Lipinski definition) is 2. The highest BCUT2D eigenvalue weighted by molar-refractivity contribution is 5.95. The van der Waals surface area contributed by atoms with Gasteiger partial charge in [0.05, 0.1) is 11.3 Å². The van der Waals surface area contributed by atoms with Crippen LogP contribution < -0.4 is 15.4 Å². The number of halogens is 3. The molecule has 0 bridgehead atoms. The maximum absolute atomic E-state index is 13.3. The van der Waals surface area contributed by atoms with Gasteiger partial charge in [0.1, 0.15) is 5.75 Å². The monoisotopic (exact) mass is 380 g/mol. The van der Waals surface area contributed by atoms with E-state index < -0.39 is 35.3 Å². The molecule has 0 radical (unpaired) electrons. The van der Waals surface area contributed by atoms with Gasteiger partial charge in [0.25, 0.3) is 5.91 Å². The molecule has 144 valence electrons. The number of ether oxygens (including phenoxy) is 1. The van der Waals surface area contributed by atoms with Gasteiger partial charge in [-0.25, -0.2) is 0 Å². The molecule has 0 heterocycles. The highest BCUT2D eigenvalue weighted by atomic mass is 19.4. The Balaban J connectivity index is 2.19. The van der Waals surface area contributed by atoms with E-state index in [2.05, 4.69) is 10.6 Å². The van der Waals surface area contributed by atoms with Gasteiger partial charge in [0.15, 0.2) is 6.10 Å². The molecular weight excluding hydrogens is 361 g/mol. The number of anilines is 2. The summed E-state index contributed by atoms with van der Waals surface area (Å²) in [6, 6.07) is 10.1. The van der Waals surface area contributed by atoms with Crippen LogP contribution in [0.1, 0.15) is 25.0 Å². The molecule has 0 spiro atoms. The number of benzene rings is 2. The number of carbonyl (C=O) groups is 2. The molecule has 0 aliphatic heterocycles. The average Bonchev–Trinajstić information content (AvgIpc) is 2.54. The Morgan fingerprint density at radius 2 is 1.78 bits per heavy atom. The van der Waals surface area contributed by atoms with Gasteiger partial charge in [-0.2, -0.15) is 13.2 Å². The molecule has 2 amide bonds. The summed E-state index contributed by atoms with van der Waals surface area (Å²) in [5.74, 6) is -0.788. The van der Waals surface area contributed by atoms with Crippen LogP contribution in [0.3, 0.4) is 0 Å². The van der Waals surface area contributed by atoms with Gasteiger partial charge in [-0.15, -0.1) is 0 Å². The molecule has 0 fully saturated rings. The molecule has 0 aromatic heterocycles. The first-order chi connectivity index (χ1) is 12.6. The zero-order valence-corrected chi connectivity index (χ0v) is 15.0. The van der Waals surface area contributed by atoms with Crippen LogP contribution in [0.5, 0.6) is 5.75 Å². The van der Waals surface area contributed by atoms with E-state index in [4.69, 9.17) is 4.74 Å². The molecule has 1 atom stereocenters. The molecule has 2 aromatic carbocycles. The minimum Gasteiger partial charge on any atom is -0.481 e. The fraction of sp³-hybridized carbons (Fsp3) is 0.263. The van der Waals surface area contributed by atoms with Gasteiger partial charge >= 0.3 is 6.18 Å². The standard InChI is InChI=1S/C19H19F3N2O3/c1-11-5-4-6-15(9-11)27-12(2)18(26)24-17-8-7-14(23-13(3)25)10-16(17)19(20,21)22/h4-10,12H,1-3H3,(H,23,25)(H,24,26). The van der Waals surface area contributed by atoms with Crippen molar-refractivity contribution in [1.82, 2.24) is 0 Å². The summed E-state index contributed by atoms with van der Waals surface area (Å²) in [6.45, 7) is 4.48. The Bertz CT molecular complexity index is 850. The summed E-state index contributed by atoms with van der Waals surface area (Å²) in [5.41, 5.74) is -0.573. The number of hydrogen-bond acceptors (Lipinski definition) is 3. The van der Waals surface area contributed by atoms with E-state index in [1.807, 2.05) is 13.0 Å². The van der Waals surface area contributed by atoms with E-state index in [-0.39, 0.29) is 5.69 Å². The van der Waals surface area contributed by atoms with Crippen molar-refractivity contribution in [3.63, 3.8) is 0 Å². The largest absolute Gasteiger partial charge is 0.481 e. The zero-order chi connectivity index (χ0) is 20.2. The SMILES string of the molecule is CC(=O)Nc1ccc(NC(=O)C(C)Oc2cccc(C)c2)c(C(F)(F)F)c1. The third kappa shape index (κ3) is 5.73. The lowest BCUT2D eigenvalue weighted by atomic mass is 10.1. The predicted molar refractivity (Wildman–Crippen MR) is 95.6 cm³/mol. The second-order valence-electron chi connectivity index (χ2n) is 6.01. The molecule has 0 aliphatic carbocycles. The number of aryl methyl sites for hydroxylation is 1. The highest BCUT2D eigenvalue weighted by Crippen LogP contribution is 2.36. The maximum atomic E-state index is 13.3. The summed E-state index contributed by atoms with van der Waals surface area (Å²) in [7, 11) is 0. The first kappa shape index (κ1) is 20.3. The molecule has 5 nitrogen and oxygen atoms in total. The topological polar surface area (TPSA) is 67.4 Å². The quantitative estimate of drug-likeness (QED) is 0.809. The molecular formula is C19H19F3N2O3. The van der Waals surface area contributed by atoms with Gasteiger partial charge in [0.2, 0.25) is 5.91 Å². The number of carbonyl (C=O) groups excluding carboxylic acids is 2. The van der Waals surface area contributed by atoms with Crippen LogP contribution in [-0.2, 0) is 15.8 Å². The van der Waals surface area contributed by atoms with Crippen molar-refractivity contribution >= 4 is 23.2 Å². The van der Waals surface area contributed by atoms with Crippen molar-refractivity contribution < 1.29 is 27.5 Å². The maximum Gasteiger partial charge on any atom is 0.418 e. The Labute approximate surface area is 154 Å². The predicted octanol–water partition coefficient (Wildman–Crippen LogP) is 4.38. The molecule has 0 aliphatic rings. The molecule has 0 saturated heterocycles. The Morgan fingerprint density at radius 3 is 2.37 bits per heavy atom. The van der Waals surface area contributed by atoms with Crippen LogP contribution in [0.15, 0.2) is 42.5 Å².